The number of benzene rings is 1. The van der Waals surface area contributed by atoms with Crippen molar-refractivity contribution in [3.8, 4) is 0 Å². The van der Waals surface area contributed by atoms with Gasteiger partial charge in [0.1, 0.15) is 0 Å². The molecule has 126 valence electrons. The van der Waals surface area contributed by atoms with Crippen molar-refractivity contribution in [1.82, 2.24) is 5.32 Å². The number of halogens is 1. The molecule has 0 aliphatic carbocycles. The van der Waals surface area contributed by atoms with Crippen LogP contribution in [0, 0.1) is 0 Å². The van der Waals surface area contributed by atoms with Gasteiger partial charge >= 0.3 is 0 Å². The molecule has 0 atom stereocenters. The maximum Gasteiger partial charge on any atom is 0.244 e. The summed E-state index contributed by atoms with van der Waals surface area (Å²) in [6.07, 6.45) is 4.56. The number of furan rings is 1. The van der Waals surface area contributed by atoms with Crippen LogP contribution >= 0.6 is 22.9 Å². The van der Waals surface area contributed by atoms with Crippen LogP contribution in [0.3, 0.4) is 0 Å². The van der Waals surface area contributed by atoms with Crippen LogP contribution in [0.4, 0.5) is 0 Å². The zero-order valence-corrected chi connectivity index (χ0v) is 14.6. The molecule has 4 nitrogen and oxygen atoms in total. The molecule has 0 fully saturated rings. The largest absolute Gasteiger partial charge is 0.461 e. The molecule has 0 bridgehead atoms. The Bertz CT molecular complexity index is 912. The maximum atomic E-state index is 12.2. The monoisotopic (exact) mass is 371 g/mol. The van der Waals surface area contributed by atoms with Gasteiger partial charge in [-0.15, -0.1) is 11.3 Å². The molecule has 3 aromatic rings. The van der Waals surface area contributed by atoms with Crippen LogP contribution in [0.25, 0.3) is 6.08 Å². The summed E-state index contributed by atoms with van der Waals surface area (Å²) < 4.78 is 5.11. The van der Waals surface area contributed by atoms with Gasteiger partial charge in [0, 0.05) is 16.0 Å². The third-order valence-corrected chi connectivity index (χ3v) is 4.81. The Morgan fingerprint density at radius 1 is 1.12 bits per heavy atom. The molecule has 2 aromatic heterocycles. The first-order valence-corrected chi connectivity index (χ1v) is 8.70. The molecule has 0 radical (unpaired) electrons. The molecule has 1 aromatic carbocycles. The number of carbonyl (C=O) groups excluding carboxylic acids is 2. The Morgan fingerprint density at radius 2 is 1.96 bits per heavy atom. The van der Waals surface area contributed by atoms with Crippen molar-refractivity contribution in [3.05, 3.63) is 87.0 Å². The number of thiophene rings is 1. The molecule has 25 heavy (non-hydrogen) atoms. The lowest BCUT2D eigenvalue weighted by molar-refractivity contribution is -0.116. The SMILES string of the molecule is O=C(C=Cc1ccccc1Cl)NCc1ccc(C(=O)c2ccco2)s1. The van der Waals surface area contributed by atoms with Gasteiger partial charge in [0.05, 0.1) is 17.7 Å². The minimum absolute atomic E-state index is 0.161. The van der Waals surface area contributed by atoms with Gasteiger partial charge in [-0.2, -0.15) is 0 Å². The lowest BCUT2D eigenvalue weighted by Gasteiger charge is -2.00. The number of hydrogen-bond donors (Lipinski definition) is 1. The summed E-state index contributed by atoms with van der Waals surface area (Å²) in [4.78, 5) is 25.5. The van der Waals surface area contributed by atoms with E-state index in [0.29, 0.717) is 22.2 Å². The van der Waals surface area contributed by atoms with Gasteiger partial charge in [-0.3, -0.25) is 9.59 Å². The van der Waals surface area contributed by atoms with Crippen LogP contribution in [0.15, 0.2) is 65.3 Å². The Kier molecular flexibility index (Phi) is 5.48. The molecule has 0 saturated heterocycles. The van der Waals surface area contributed by atoms with E-state index in [9.17, 15) is 9.59 Å². The van der Waals surface area contributed by atoms with E-state index in [1.54, 1.807) is 30.3 Å². The van der Waals surface area contributed by atoms with Gasteiger partial charge in [-0.1, -0.05) is 29.8 Å². The van der Waals surface area contributed by atoms with Crippen molar-refractivity contribution < 1.29 is 14.0 Å². The molecule has 1 N–H and O–H groups in total. The number of carbonyl (C=O) groups is 2. The smallest absolute Gasteiger partial charge is 0.244 e. The van der Waals surface area contributed by atoms with E-state index in [2.05, 4.69) is 5.32 Å². The normalized spacial score (nSPS) is 10.9. The average molecular weight is 372 g/mol. The van der Waals surface area contributed by atoms with E-state index in [-0.39, 0.29) is 11.7 Å². The Hall–Kier alpha value is -2.63. The second kappa shape index (κ2) is 7.96. The van der Waals surface area contributed by atoms with Gasteiger partial charge in [0.2, 0.25) is 11.7 Å². The highest BCUT2D eigenvalue weighted by molar-refractivity contribution is 7.14. The van der Waals surface area contributed by atoms with E-state index < -0.39 is 0 Å². The highest BCUT2D eigenvalue weighted by atomic mass is 35.5. The average Bonchev–Trinajstić information content (AvgIpc) is 3.30. The second-order valence-electron chi connectivity index (χ2n) is 5.15. The summed E-state index contributed by atoms with van der Waals surface area (Å²) in [7, 11) is 0. The van der Waals surface area contributed by atoms with Crippen molar-refractivity contribution >= 4 is 40.7 Å². The molecule has 0 spiro atoms. The zero-order valence-electron chi connectivity index (χ0n) is 13.1. The van der Waals surface area contributed by atoms with Crippen LogP contribution < -0.4 is 5.32 Å². The Balaban J connectivity index is 1.56. The number of nitrogens with one attached hydrogen (secondary N) is 1. The number of ketones is 1. The molecule has 0 aliphatic rings. The Morgan fingerprint density at radius 3 is 2.72 bits per heavy atom. The molecular weight excluding hydrogens is 358 g/mol. The molecule has 6 heteroatoms. The molecule has 0 saturated carbocycles. The van der Waals surface area contributed by atoms with Crippen LogP contribution in [0.1, 0.15) is 25.9 Å². The minimum atomic E-state index is -0.229. The predicted molar refractivity (Wildman–Crippen MR) is 98.8 cm³/mol. The predicted octanol–water partition coefficient (Wildman–Crippen LogP) is 4.56. The molecule has 2 heterocycles. The van der Waals surface area contributed by atoms with E-state index >= 15 is 0 Å². The fraction of sp³-hybridized carbons (Fsp3) is 0.0526. The van der Waals surface area contributed by atoms with E-state index in [0.717, 1.165) is 10.4 Å². The first kappa shape index (κ1) is 17.2. The number of hydrogen-bond acceptors (Lipinski definition) is 4. The summed E-state index contributed by atoms with van der Waals surface area (Å²) in [5.41, 5.74) is 0.779. The molecular formula is C19H14ClNO3S. The van der Waals surface area contributed by atoms with Crippen molar-refractivity contribution in [3.63, 3.8) is 0 Å². The summed E-state index contributed by atoms with van der Waals surface area (Å²) in [5, 5.41) is 3.37. The third-order valence-electron chi connectivity index (χ3n) is 3.39. The van der Waals surface area contributed by atoms with Gasteiger partial charge in [-0.05, 0) is 42.0 Å². The molecule has 0 aliphatic heterocycles. The standard InChI is InChI=1S/C19H14ClNO3S/c20-15-5-2-1-4-13(15)7-10-18(22)21-12-14-8-9-17(25-14)19(23)16-6-3-11-24-16/h1-11H,12H2,(H,21,22). The van der Waals surface area contributed by atoms with Crippen LogP contribution in [0.2, 0.25) is 5.02 Å². The summed E-state index contributed by atoms with van der Waals surface area (Å²) in [5.74, 6) is -0.0847. The molecule has 3 rings (SSSR count). The number of amides is 1. The number of rotatable bonds is 6. The van der Waals surface area contributed by atoms with Gasteiger partial charge in [-0.25, -0.2) is 0 Å². The quantitative estimate of drug-likeness (QED) is 0.510. The minimum Gasteiger partial charge on any atom is -0.461 e. The first-order chi connectivity index (χ1) is 12.1. The molecule has 0 unspecified atom stereocenters. The third kappa shape index (κ3) is 4.47. The highest BCUT2D eigenvalue weighted by Gasteiger charge is 2.14. The fourth-order valence-corrected chi connectivity index (χ4v) is 3.22. The lowest BCUT2D eigenvalue weighted by atomic mass is 10.2. The molecule has 1 amide bonds. The van der Waals surface area contributed by atoms with Gasteiger partial charge < -0.3 is 9.73 Å². The first-order valence-electron chi connectivity index (χ1n) is 7.51. The van der Waals surface area contributed by atoms with Crippen molar-refractivity contribution in [2.45, 2.75) is 6.54 Å². The topological polar surface area (TPSA) is 59.3 Å². The van der Waals surface area contributed by atoms with Crippen LogP contribution in [0.5, 0.6) is 0 Å². The van der Waals surface area contributed by atoms with E-state index in [1.165, 1.54) is 23.7 Å². The maximum absolute atomic E-state index is 12.2. The summed E-state index contributed by atoms with van der Waals surface area (Å²) in [6, 6.07) is 14.1. The van der Waals surface area contributed by atoms with Crippen molar-refractivity contribution in [1.29, 1.82) is 0 Å². The van der Waals surface area contributed by atoms with E-state index in [1.807, 2.05) is 24.3 Å². The Labute approximate surface area is 153 Å². The van der Waals surface area contributed by atoms with Crippen LogP contribution in [-0.2, 0) is 11.3 Å². The van der Waals surface area contributed by atoms with E-state index in [4.69, 9.17) is 16.0 Å². The van der Waals surface area contributed by atoms with Crippen molar-refractivity contribution in [2.75, 3.05) is 0 Å². The van der Waals surface area contributed by atoms with Crippen molar-refractivity contribution in [2.24, 2.45) is 0 Å². The second-order valence-corrected chi connectivity index (χ2v) is 6.72. The fourth-order valence-electron chi connectivity index (χ4n) is 2.13. The highest BCUT2D eigenvalue weighted by Crippen LogP contribution is 2.20. The lowest BCUT2D eigenvalue weighted by Crippen LogP contribution is -2.19. The zero-order chi connectivity index (χ0) is 17.6. The van der Waals surface area contributed by atoms with Gasteiger partial charge in [0.25, 0.3) is 0 Å². The summed E-state index contributed by atoms with van der Waals surface area (Å²) >= 11 is 7.36. The van der Waals surface area contributed by atoms with Crippen LogP contribution in [-0.4, -0.2) is 11.7 Å². The summed E-state index contributed by atoms with van der Waals surface area (Å²) in [6.45, 7) is 0.349. The van der Waals surface area contributed by atoms with Gasteiger partial charge in [0.15, 0.2) is 5.76 Å².